The third kappa shape index (κ3) is 7.23. The van der Waals surface area contributed by atoms with Gasteiger partial charge in [-0.25, -0.2) is 0 Å². The molecular formula is C21H28ClNO3S. The molecule has 27 heavy (non-hydrogen) atoms. The Bertz CT molecular complexity index is 675. The van der Waals surface area contributed by atoms with Crippen molar-refractivity contribution in [3.05, 3.63) is 41.1 Å². The number of carbonyl (C=O) groups excluding carboxylic acids is 2. The van der Waals surface area contributed by atoms with E-state index in [0.717, 1.165) is 19.3 Å². The molecule has 0 spiro atoms. The number of benzene rings is 1. The number of thioether (sulfide) groups is 1. The first-order valence-electron chi connectivity index (χ1n) is 9.56. The average Bonchev–Trinajstić information content (AvgIpc) is 2.92. The predicted molar refractivity (Wildman–Crippen MR) is 113 cm³/mol. The van der Waals surface area contributed by atoms with E-state index in [-0.39, 0.29) is 22.4 Å². The van der Waals surface area contributed by atoms with Crippen molar-refractivity contribution in [3.63, 3.8) is 0 Å². The van der Waals surface area contributed by atoms with E-state index < -0.39 is 0 Å². The summed E-state index contributed by atoms with van der Waals surface area (Å²) in [6.07, 6.45) is 9.63. The molecule has 0 saturated heterocycles. The van der Waals surface area contributed by atoms with Crippen molar-refractivity contribution >= 4 is 40.1 Å². The highest BCUT2D eigenvalue weighted by Gasteiger charge is 2.39. The zero-order chi connectivity index (χ0) is 19.7. The van der Waals surface area contributed by atoms with Crippen LogP contribution >= 0.6 is 23.4 Å². The molecule has 0 aliphatic carbocycles. The minimum atomic E-state index is -0.373. The highest BCUT2D eigenvalue weighted by Crippen LogP contribution is 2.44. The van der Waals surface area contributed by atoms with Crippen molar-refractivity contribution < 1.29 is 14.3 Å². The van der Waals surface area contributed by atoms with Gasteiger partial charge in [0.05, 0.1) is 4.75 Å². The molecule has 1 heterocycles. The molecule has 0 saturated carbocycles. The maximum Gasteiger partial charge on any atom is 0.262 e. The van der Waals surface area contributed by atoms with Crippen LogP contribution in [0.2, 0.25) is 5.02 Å². The third-order valence-corrected chi connectivity index (χ3v) is 6.02. The van der Waals surface area contributed by atoms with Crippen LogP contribution in [0.4, 0.5) is 5.69 Å². The van der Waals surface area contributed by atoms with Crippen LogP contribution in [0.1, 0.15) is 58.8 Å². The second-order valence-electron chi connectivity index (χ2n) is 7.02. The van der Waals surface area contributed by atoms with E-state index in [9.17, 15) is 9.59 Å². The van der Waals surface area contributed by atoms with Crippen molar-refractivity contribution in [3.8, 4) is 0 Å². The standard InChI is InChI=1S/C21H28ClNO3S/c1-3-4-5-6-7-8-13-21(2)18(14-20(25)27-21)26-15-19(24)23-17-11-9-16(22)10-12-17/h9-12,14H,3-8,13,15H2,1-2H3,(H,23,24). The molecule has 0 bridgehead atoms. The highest BCUT2D eigenvalue weighted by molar-refractivity contribution is 8.15. The Balaban J connectivity index is 1.80. The fourth-order valence-corrected chi connectivity index (χ4v) is 4.25. The smallest absolute Gasteiger partial charge is 0.262 e. The fraction of sp³-hybridized carbons (Fsp3) is 0.524. The maximum atomic E-state index is 12.1. The number of ether oxygens (including phenoxy) is 1. The monoisotopic (exact) mass is 409 g/mol. The Morgan fingerprint density at radius 1 is 1.15 bits per heavy atom. The summed E-state index contributed by atoms with van der Waals surface area (Å²) in [6.45, 7) is 4.12. The van der Waals surface area contributed by atoms with Crippen LogP contribution in [0.25, 0.3) is 0 Å². The molecule has 0 fully saturated rings. The zero-order valence-electron chi connectivity index (χ0n) is 16.1. The second-order valence-corrected chi connectivity index (χ2v) is 8.97. The topological polar surface area (TPSA) is 55.4 Å². The molecule has 1 atom stereocenters. The van der Waals surface area contributed by atoms with E-state index >= 15 is 0 Å². The second kappa shape index (κ2) is 10.8. The molecule has 1 aliphatic rings. The first-order valence-corrected chi connectivity index (χ1v) is 10.8. The molecule has 1 unspecified atom stereocenters. The summed E-state index contributed by atoms with van der Waals surface area (Å²) < 4.78 is 5.35. The molecule has 1 amide bonds. The van der Waals surface area contributed by atoms with Crippen LogP contribution in [0, 0.1) is 0 Å². The number of hydrogen-bond acceptors (Lipinski definition) is 4. The van der Waals surface area contributed by atoms with Gasteiger partial charge in [-0.3, -0.25) is 9.59 Å². The van der Waals surface area contributed by atoms with Crippen molar-refractivity contribution in [2.24, 2.45) is 0 Å². The largest absolute Gasteiger partial charge is 0.486 e. The van der Waals surface area contributed by atoms with Crippen LogP contribution in [0.3, 0.4) is 0 Å². The number of unbranched alkanes of at least 4 members (excludes halogenated alkanes) is 5. The summed E-state index contributed by atoms with van der Waals surface area (Å²) >= 11 is 7.14. The summed E-state index contributed by atoms with van der Waals surface area (Å²) in [5, 5.41) is 3.37. The number of nitrogens with one attached hydrogen (secondary N) is 1. The first kappa shape index (κ1) is 21.8. The van der Waals surface area contributed by atoms with Crippen molar-refractivity contribution in [1.29, 1.82) is 0 Å². The Morgan fingerprint density at radius 3 is 2.52 bits per heavy atom. The number of hydrogen-bond donors (Lipinski definition) is 1. The van der Waals surface area contributed by atoms with E-state index in [2.05, 4.69) is 12.2 Å². The quantitative estimate of drug-likeness (QED) is 0.458. The van der Waals surface area contributed by atoms with E-state index in [4.69, 9.17) is 16.3 Å². The van der Waals surface area contributed by atoms with E-state index in [1.165, 1.54) is 43.5 Å². The van der Waals surface area contributed by atoms with Gasteiger partial charge >= 0.3 is 0 Å². The molecule has 0 aromatic heterocycles. The lowest BCUT2D eigenvalue weighted by Gasteiger charge is -2.26. The maximum absolute atomic E-state index is 12.1. The molecule has 1 aromatic rings. The summed E-state index contributed by atoms with van der Waals surface area (Å²) in [6, 6.07) is 6.89. The zero-order valence-corrected chi connectivity index (χ0v) is 17.6. The Hall–Kier alpha value is -1.46. The molecule has 6 heteroatoms. The molecule has 0 radical (unpaired) electrons. The summed E-state index contributed by atoms with van der Waals surface area (Å²) in [4.78, 5) is 24.0. The van der Waals surface area contributed by atoms with Gasteiger partial charge in [0.2, 0.25) is 5.12 Å². The van der Waals surface area contributed by atoms with Gasteiger partial charge in [0.25, 0.3) is 5.91 Å². The Kier molecular flexibility index (Phi) is 8.71. The number of amides is 1. The van der Waals surface area contributed by atoms with Gasteiger partial charge in [-0.05, 0) is 37.6 Å². The molecular weight excluding hydrogens is 382 g/mol. The summed E-state index contributed by atoms with van der Waals surface area (Å²) in [7, 11) is 0. The van der Waals surface area contributed by atoms with E-state index in [1.54, 1.807) is 24.3 Å². The summed E-state index contributed by atoms with van der Waals surface area (Å²) in [5.74, 6) is 0.349. The van der Waals surface area contributed by atoms with Crippen LogP contribution in [0.15, 0.2) is 36.1 Å². The molecule has 1 aliphatic heterocycles. The average molecular weight is 410 g/mol. The van der Waals surface area contributed by atoms with Gasteiger partial charge in [0.1, 0.15) is 5.76 Å². The number of halogens is 1. The van der Waals surface area contributed by atoms with E-state index in [1.807, 2.05) is 6.92 Å². The van der Waals surface area contributed by atoms with Crippen molar-refractivity contribution in [1.82, 2.24) is 0 Å². The lowest BCUT2D eigenvalue weighted by atomic mass is 9.99. The molecule has 148 valence electrons. The van der Waals surface area contributed by atoms with Gasteiger partial charge in [0, 0.05) is 16.8 Å². The lowest BCUT2D eigenvalue weighted by Crippen LogP contribution is -2.26. The first-order chi connectivity index (χ1) is 12.9. The van der Waals surface area contributed by atoms with Gasteiger partial charge in [0.15, 0.2) is 6.61 Å². The van der Waals surface area contributed by atoms with Gasteiger partial charge in [-0.1, -0.05) is 68.8 Å². The molecule has 4 nitrogen and oxygen atoms in total. The highest BCUT2D eigenvalue weighted by atomic mass is 35.5. The number of carbonyl (C=O) groups is 2. The van der Waals surface area contributed by atoms with Crippen molar-refractivity contribution in [2.75, 3.05) is 11.9 Å². The Morgan fingerprint density at radius 2 is 1.81 bits per heavy atom. The van der Waals surface area contributed by atoms with Crippen LogP contribution in [0.5, 0.6) is 0 Å². The molecule has 1 N–H and O–H groups in total. The summed E-state index contributed by atoms with van der Waals surface area (Å²) in [5.41, 5.74) is 0.661. The van der Waals surface area contributed by atoms with Gasteiger partial charge < -0.3 is 10.1 Å². The molecule has 2 rings (SSSR count). The fourth-order valence-electron chi connectivity index (χ4n) is 3.05. The SMILES string of the molecule is CCCCCCCCC1(C)SC(=O)C=C1OCC(=O)Nc1ccc(Cl)cc1. The third-order valence-electron chi connectivity index (χ3n) is 4.59. The van der Waals surface area contributed by atoms with Crippen molar-refractivity contribution in [2.45, 2.75) is 63.5 Å². The number of anilines is 1. The van der Waals surface area contributed by atoms with Crippen LogP contribution < -0.4 is 5.32 Å². The van der Waals surface area contributed by atoms with Crippen LogP contribution in [-0.2, 0) is 14.3 Å². The Labute approximate surface area is 171 Å². The normalized spacial score (nSPS) is 19.1. The van der Waals surface area contributed by atoms with E-state index in [0.29, 0.717) is 16.5 Å². The van der Waals surface area contributed by atoms with Crippen LogP contribution in [-0.4, -0.2) is 22.4 Å². The minimum absolute atomic E-state index is 0.00316. The van der Waals surface area contributed by atoms with Gasteiger partial charge in [-0.15, -0.1) is 0 Å². The predicted octanol–water partition coefficient (Wildman–Crippen LogP) is 5.96. The molecule has 1 aromatic carbocycles. The van der Waals surface area contributed by atoms with Gasteiger partial charge in [-0.2, -0.15) is 0 Å². The lowest BCUT2D eigenvalue weighted by molar-refractivity contribution is -0.119. The minimum Gasteiger partial charge on any atom is -0.486 e. The number of rotatable bonds is 11.